The Hall–Kier alpha value is -3.51. The summed E-state index contributed by atoms with van der Waals surface area (Å²) < 4.78 is 8.96. The summed E-state index contributed by atoms with van der Waals surface area (Å²) in [6.45, 7) is 0.489. The molecule has 0 aliphatic carbocycles. The number of aryl methyl sites for hydroxylation is 1. The Labute approximate surface area is 164 Å². The van der Waals surface area contributed by atoms with Crippen molar-refractivity contribution in [2.75, 3.05) is 5.75 Å². The number of nitriles is 1. The van der Waals surface area contributed by atoms with E-state index in [9.17, 15) is 10.4 Å². The molecule has 1 aromatic carbocycles. The number of thioether (sulfide) groups is 1. The molecule has 0 spiro atoms. The van der Waals surface area contributed by atoms with E-state index in [1.807, 2.05) is 48.0 Å². The first-order chi connectivity index (χ1) is 13.7. The highest BCUT2D eigenvalue weighted by molar-refractivity contribution is 7.99. The zero-order valence-corrected chi connectivity index (χ0v) is 15.8. The number of aromatic nitrogens is 5. The van der Waals surface area contributed by atoms with E-state index in [-0.39, 0.29) is 17.1 Å². The average Bonchev–Trinajstić information content (AvgIpc) is 3.44. The van der Waals surface area contributed by atoms with Crippen LogP contribution in [0.5, 0.6) is 0 Å². The molecule has 0 fully saturated rings. The number of aliphatic hydroxyl groups is 1. The van der Waals surface area contributed by atoms with Gasteiger partial charge in [0.15, 0.2) is 11.0 Å². The van der Waals surface area contributed by atoms with E-state index in [1.165, 1.54) is 11.8 Å². The van der Waals surface area contributed by atoms with E-state index in [4.69, 9.17) is 4.42 Å². The molecule has 4 aromatic rings. The van der Waals surface area contributed by atoms with Gasteiger partial charge in [-0.2, -0.15) is 5.26 Å². The number of imidazole rings is 1. The maximum absolute atomic E-state index is 10.6. The minimum absolute atomic E-state index is 0.0570. The predicted octanol–water partition coefficient (Wildman–Crippen LogP) is 3.39. The molecule has 0 amide bonds. The highest BCUT2D eigenvalue weighted by atomic mass is 32.2. The number of aliphatic hydroxyl groups excluding tert-OH is 1. The Morgan fingerprint density at radius 2 is 2.14 bits per heavy atom. The molecule has 3 heterocycles. The van der Waals surface area contributed by atoms with Gasteiger partial charge in [-0.3, -0.25) is 0 Å². The van der Waals surface area contributed by atoms with Crippen molar-refractivity contribution in [2.45, 2.75) is 11.7 Å². The number of furan rings is 1. The number of rotatable bonds is 6. The maximum atomic E-state index is 10.6. The summed E-state index contributed by atoms with van der Waals surface area (Å²) in [6, 6.07) is 13.3. The van der Waals surface area contributed by atoms with Gasteiger partial charge in [-0.1, -0.05) is 23.9 Å². The SMILES string of the molecule is Cn1c(/C(C#N)=C(\O)CSc2nncn2Cc2ccco2)nc2ccccc21. The van der Waals surface area contributed by atoms with Crippen molar-refractivity contribution >= 4 is 28.4 Å². The van der Waals surface area contributed by atoms with Gasteiger partial charge in [-0.15, -0.1) is 10.2 Å². The molecule has 3 aromatic heterocycles. The zero-order valence-electron chi connectivity index (χ0n) is 15.0. The highest BCUT2D eigenvalue weighted by Gasteiger charge is 2.17. The van der Waals surface area contributed by atoms with Crippen LogP contribution < -0.4 is 0 Å². The Balaban J connectivity index is 1.57. The fourth-order valence-electron chi connectivity index (χ4n) is 2.85. The molecule has 0 bridgehead atoms. The van der Waals surface area contributed by atoms with Gasteiger partial charge < -0.3 is 18.7 Å². The van der Waals surface area contributed by atoms with Crippen molar-refractivity contribution in [3.63, 3.8) is 0 Å². The second kappa shape index (κ2) is 7.62. The Kier molecular flexibility index (Phi) is 4.87. The van der Waals surface area contributed by atoms with Crippen LogP contribution in [-0.2, 0) is 13.6 Å². The topological polar surface area (TPSA) is 106 Å². The van der Waals surface area contributed by atoms with E-state index >= 15 is 0 Å². The third kappa shape index (κ3) is 3.37. The van der Waals surface area contributed by atoms with Gasteiger partial charge in [-0.05, 0) is 24.3 Å². The molecule has 4 rings (SSSR count). The zero-order chi connectivity index (χ0) is 19.5. The molecule has 0 aliphatic heterocycles. The molecule has 0 atom stereocenters. The molecule has 9 heteroatoms. The molecule has 28 heavy (non-hydrogen) atoms. The smallest absolute Gasteiger partial charge is 0.191 e. The lowest BCUT2D eigenvalue weighted by Crippen LogP contribution is -2.03. The van der Waals surface area contributed by atoms with Gasteiger partial charge >= 0.3 is 0 Å². The van der Waals surface area contributed by atoms with Crippen molar-refractivity contribution in [3.8, 4) is 6.07 Å². The average molecular weight is 392 g/mol. The Morgan fingerprint density at radius 3 is 2.89 bits per heavy atom. The quantitative estimate of drug-likeness (QED) is 0.304. The number of para-hydroxylation sites is 2. The third-order valence-corrected chi connectivity index (χ3v) is 5.23. The number of hydrogen-bond donors (Lipinski definition) is 1. The fraction of sp³-hybridized carbons (Fsp3) is 0.158. The van der Waals surface area contributed by atoms with Crippen LogP contribution in [0.15, 0.2) is 64.3 Å². The standard InChI is InChI=1S/C19H16N6O2S/c1-24-16-7-3-2-6-15(16)22-18(24)14(9-20)17(26)11-28-19-23-21-12-25(19)10-13-5-4-8-27-13/h2-8,12,26H,10-11H2,1H3/b17-14-. The predicted molar refractivity (Wildman–Crippen MR) is 104 cm³/mol. The van der Waals surface area contributed by atoms with E-state index < -0.39 is 0 Å². The van der Waals surface area contributed by atoms with Crippen molar-refractivity contribution in [1.29, 1.82) is 5.26 Å². The molecule has 0 aliphatic rings. The summed E-state index contributed by atoms with van der Waals surface area (Å²) in [5, 5.41) is 28.8. The minimum Gasteiger partial charge on any atom is -0.510 e. The molecular formula is C19H16N6O2S. The van der Waals surface area contributed by atoms with Crippen LogP contribution >= 0.6 is 11.8 Å². The van der Waals surface area contributed by atoms with Gasteiger partial charge in [0.25, 0.3) is 0 Å². The lowest BCUT2D eigenvalue weighted by atomic mass is 10.2. The monoisotopic (exact) mass is 392 g/mol. The van der Waals surface area contributed by atoms with Crippen molar-refractivity contribution in [1.82, 2.24) is 24.3 Å². The van der Waals surface area contributed by atoms with Gasteiger partial charge in [0.1, 0.15) is 29.5 Å². The lowest BCUT2D eigenvalue weighted by Gasteiger charge is -2.06. The number of hydrogen-bond acceptors (Lipinski definition) is 7. The van der Waals surface area contributed by atoms with Crippen LogP contribution in [0.4, 0.5) is 0 Å². The molecule has 0 radical (unpaired) electrons. The van der Waals surface area contributed by atoms with Gasteiger partial charge in [0.05, 0.1) is 29.6 Å². The first kappa shape index (κ1) is 17.9. The van der Waals surface area contributed by atoms with Crippen molar-refractivity contribution in [3.05, 3.63) is 66.3 Å². The van der Waals surface area contributed by atoms with Gasteiger partial charge in [0.2, 0.25) is 0 Å². The molecule has 8 nitrogen and oxygen atoms in total. The summed E-state index contributed by atoms with van der Waals surface area (Å²) in [5.74, 6) is 1.32. The van der Waals surface area contributed by atoms with Crippen LogP contribution in [0.3, 0.4) is 0 Å². The Bertz CT molecular complexity index is 1180. The molecule has 0 unspecified atom stereocenters. The van der Waals surface area contributed by atoms with Gasteiger partial charge in [-0.25, -0.2) is 4.98 Å². The summed E-state index contributed by atoms with van der Waals surface area (Å²) in [4.78, 5) is 4.48. The number of nitrogens with zero attached hydrogens (tertiary/aromatic N) is 6. The molecule has 1 N–H and O–H groups in total. The van der Waals surface area contributed by atoms with E-state index in [2.05, 4.69) is 21.3 Å². The summed E-state index contributed by atoms with van der Waals surface area (Å²) in [7, 11) is 1.82. The molecule has 0 saturated heterocycles. The number of fused-ring (bicyclic) bond motifs is 1. The first-order valence-corrected chi connectivity index (χ1v) is 9.43. The highest BCUT2D eigenvalue weighted by Crippen LogP contribution is 2.25. The largest absolute Gasteiger partial charge is 0.510 e. The van der Waals surface area contributed by atoms with Crippen molar-refractivity contribution in [2.24, 2.45) is 7.05 Å². The number of benzene rings is 1. The second-order valence-electron chi connectivity index (χ2n) is 6.03. The van der Waals surface area contributed by atoms with E-state index in [0.717, 1.165) is 16.8 Å². The van der Waals surface area contributed by atoms with Crippen LogP contribution in [-0.4, -0.2) is 35.2 Å². The van der Waals surface area contributed by atoms with Gasteiger partial charge in [0, 0.05) is 7.05 Å². The van der Waals surface area contributed by atoms with Crippen molar-refractivity contribution < 1.29 is 9.52 Å². The molecule has 0 saturated carbocycles. The van der Waals surface area contributed by atoms with Crippen LogP contribution in [0.1, 0.15) is 11.6 Å². The molecular weight excluding hydrogens is 376 g/mol. The summed E-state index contributed by atoms with van der Waals surface area (Å²) in [5.41, 5.74) is 1.80. The van der Waals surface area contributed by atoms with E-state index in [0.29, 0.717) is 17.5 Å². The van der Waals surface area contributed by atoms with E-state index in [1.54, 1.807) is 17.2 Å². The maximum Gasteiger partial charge on any atom is 0.191 e. The fourth-order valence-corrected chi connectivity index (χ4v) is 3.65. The van der Waals surface area contributed by atoms with Crippen LogP contribution in [0.25, 0.3) is 16.6 Å². The number of allylic oxidation sites excluding steroid dienone is 1. The van der Waals surface area contributed by atoms with Crippen LogP contribution in [0, 0.1) is 11.3 Å². The summed E-state index contributed by atoms with van der Waals surface area (Å²) >= 11 is 1.29. The molecule has 140 valence electrons. The first-order valence-electron chi connectivity index (χ1n) is 8.44. The third-order valence-electron chi connectivity index (χ3n) is 4.24. The summed E-state index contributed by atoms with van der Waals surface area (Å²) in [6.07, 6.45) is 3.21. The second-order valence-corrected chi connectivity index (χ2v) is 6.97. The lowest BCUT2D eigenvalue weighted by molar-refractivity contribution is 0.420. The normalized spacial score (nSPS) is 12.1. The Morgan fingerprint density at radius 1 is 1.29 bits per heavy atom. The van der Waals surface area contributed by atoms with Crippen LogP contribution in [0.2, 0.25) is 0 Å². The minimum atomic E-state index is -0.0570.